The third-order valence-corrected chi connectivity index (χ3v) is 2.28. The molecule has 0 radical (unpaired) electrons. The fraction of sp³-hybridized carbons (Fsp3) is 0.0833. The number of carboxylic acid groups (broad SMARTS) is 1. The van der Waals surface area contributed by atoms with E-state index in [1.807, 2.05) is 30.3 Å². The molecule has 17 heavy (non-hydrogen) atoms. The Labute approximate surface area is 104 Å². The number of benzene rings is 1. The number of nitrogens with two attached hydrogens (primary N) is 1. The van der Waals surface area contributed by atoms with Gasteiger partial charge in [-0.05, 0) is 6.07 Å². The summed E-state index contributed by atoms with van der Waals surface area (Å²) in [6.07, 6.45) is 0. The van der Waals surface area contributed by atoms with E-state index in [1.165, 1.54) is 6.07 Å². The van der Waals surface area contributed by atoms with E-state index in [1.54, 1.807) is 0 Å². The topological polar surface area (TPSA) is 76.5 Å². The summed E-state index contributed by atoms with van der Waals surface area (Å²) < 4.78 is 5.41. The third kappa shape index (κ3) is 2.67. The van der Waals surface area contributed by atoms with Gasteiger partial charge in [0.25, 0.3) is 0 Å². The quantitative estimate of drug-likeness (QED) is 0.881. The molecule has 5 heteroatoms. The lowest BCUT2D eigenvalue weighted by Gasteiger charge is -1.94. The van der Waals surface area contributed by atoms with Crippen LogP contribution in [-0.4, -0.2) is 11.1 Å². The monoisotopic (exact) mass is 253 g/mol. The van der Waals surface area contributed by atoms with Crippen molar-refractivity contribution in [1.82, 2.24) is 0 Å². The highest BCUT2D eigenvalue weighted by Crippen LogP contribution is 2.25. The molecule has 0 fully saturated rings. The van der Waals surface area contributed by atoms with Crippen LogP contribution < -0.4 is 5.73 Å². The van der Waals surface area contributed by atoms with E-state index >= 15 is 0 Å². The van der Waals surface area contributed by atoms with Gasteiger partial charge in [-0.2, -0.15) is 0 Å². The average Bonchev–Trinajstić information content (AvgIpc) is 2.74. The highest BCUT2D eigenvalue weighted by Gasteiger charge is 2.16. The lowest BCUT2D eigenvalue weighted by atomic mass is 10.1. The number of halogens is 1. The van der Waals surface area contributed by atoms with Crippen LogP contribution in [0.3, 0.4) is 0 Å². The number of carboxylic acids is 1. The van der Waals surface area contributed by atoms with Gasteiger partial charge in [0, 0.05) is 5.56 Å². The molecule has 90 valence electrons. The van der Waals surface area contributed by atoms with Gasteiger partial charge in [0.1, 0.15) is 17.1 Å². The van der Waals surface area contributed by atoms with Crippen molar-refractivity contribution in [3.63, 3.8) is 0 Å². The minimum absolute atomic E-state index is 0. The van der Waals surface area contributed by atoms with Crippen LogP contribution in [0.4, 0.5) is 0 Å². The molecular formula is C12H12ClNO3. The Morgan fingerprint density at radius 3 is 2.41 bits per heavy atom. The second-order valence-corrected chi connectivity index (χ2v) is 3.32. The first-order chi connectivity index (χ1) is 7.72. The van der Waals surface area contributed by atoms with E-state index in [-0.39, 0.29) is 24.5 Å². The zero-order valence-corrected chi connectivity index (χ0v) is 9.74. The van der Waals surface area contributed by atoms with Gasteiger partial charge in [0.2, 0.25) is 0 Å². The molecule has 0 bridgehead atoms. The van der Waals surface area contributed by atoms with Gasteiger partial charge in [0.05, 0.1) is 6.54 Å². The Hall–Kier alpha value is -1.78. The maximum atomic E-state index is 10.9. The SMILES string of the molecule is Cl.NCc1oc(-c2ccccc2)cc1C(=O)O. The van der Waals surface area contributed by atoms with Crippen LogP contribution in [-0.2, 0) is 6.54 Å². The Morgan fingerprint density at radius 1 is 1.29 bits per heavy atom. The van der Waals surface area contributed by atoms with Crippen LogP contribution in [0.15, 0.2) is 40.8 Å². The minimum Gasteiger partial charge on any atom is -0.478 e. The van der Waals surface area contributed by atoms with Crippen molar-refractivity contribution in [2.75, 3.05) is 0 Å². The zero-order valence-electron chi connectivity index (χ0n) is 8.92. The molecule has 1 aromatic heterocycles. The van der Waals surface area contributed by atoms with E-state index in [0.717, 1.165) is 5.56 Å². The standard InChI is InChI=1S/C12H11NO3.ClH/c13-7-11-9(12(14)15)6-10(16-11)8-4-2-1-3-5-8;/h1-6H,7,13H2,(H,14,15);1H. The lowest BCUT2D eigenvalue weighted by Crippen LogP contribution is -2.03. The highest BCUT2D eigenvalue weighted by atomic mass is 35.5. The van der Waals surface area contributed by atoms with E-state index in [9.17, 15) is 4.79 Å². The van der Waals surface area contributed by atoms with E-state index in [2.05, 4.69) is 0 Å². The molecule has 0 saturated heterocycles. The molecule has 0 atom stereocenters. The first-order valence-corrected chi connectivity index (χ1v) is 4.84. The van der Waals surface area contributed by atoms with Gasteiger partial charge in [-0.15, -0.1) is 12.4 Å². The Morgan fingerprint density at radius 2 is 1.94 bits per heavy atom. The normalized spacial score (nSPS) is 9.71. The molecule has 0 aliphatic heterocycles. The maximum absolute atomic E-state index is 10.9. The molecule has 1 heterocycles. The van der Waals surface area contributed by atoms with E-state index in [4.69, 9.17) is 15.3 Å². The largest absolute Gasteiger partial charge is 0.478 e. The van der Waals surface area contributed by atoms with E-state index < -0.39 is 5.97 Å². The van der Waals surface area contributed by atoms with Crippen molar-refractivity contribution < 1.29 is 14.3 Å². The summed E-state index contributed by atoms with van der Waals surface area (Å²) in [5.74, 6) is -0.198. The molecular weight excluding hydrogens is 242 g/mol. The smallest absolute Gasteiger partial charge is 0.339 e. The molecule has 0 aliphatic carbocycles. The molecule has 1 aromatic carbocycles. The highest BCUT2D eigenvalue weighted by molar-refractivity contribution is 5.90. The second-order valence-electron chi connectivity index (χ2n) is 3.32. The fourth-order valence-electron chi connectivity index (χ4n) is 1.51. The zero-order chi connectivity index (χ0) is 11.5. The summed E-state index contributed by atoms with van der Waals surface area (Å²) in [6.45, 7) is 0.0778. The molecule has 0 unspecified atom stereocenters. The van der Waals surface area contributed by atoms with Gasteiger partial charge in [-0.3, -0.25) is 0 Å². The van der Waals surface area contributed by atoms with E-state index in [0.29, 0.717) is 11.5 Å². The number of hydrogen-bond donors (Lipinski definition) is 2. The van der Waals surface area contributed by atoms with Crippen LogP contribution in [0.25, 0.3) is 11.3 Å². The van der Waals surface area contributed by atoms with Crippen LogP contribution in [0.2, 0.25) is 0 Å². The molecule has 0 aliphatic rings. The van der Waals surface area contributed by atoms with Crippen molar-refractivity contribution in [3.05, 3.63) is 47.7 Å². The third-order valence-electron chi connectivity index (χ3n) is 2.28. The summed E-state index contributed by atoms with van der Waals surface area (Å²) >= 11 is 0. The molecule has 0 spiro atoms. The van der Waals surface area contributed by atoms with Gasteiger partial charge >= 0.3 is 5.97 Å². The maximum Gasteiger partial charge on any atom is 0.339 e. The number of carbonyl (C=O) groups is 1. The Kier molecular flexibility index (Phi) is 4.31. The van der Waals surface area contributed by atoms with Gasteiger partial charge < -0.3 is 15.3 Å². The predicted molar refractivity (Wildman–Crippen MR) is 66.2 cm³/mol. The van der Waals surface area contributed by atoms with Crippen LogP contribution in [0, 0.1) is 0 Å². The number of furan rings is 1. The molecule has 3 N–H and O–H groups in total. The molecule has 2 rings (SSSR count). The number of aromatic carboxylic acids is 1. The summed E-state index contributed by atoms with van der Waals surface area (Å²) in [5, 5.41) is 8.94. The van der Waals surface area contributed by atoms with Crippen LogP contribution >= 0.6 is 12.4 Å². The van der Waals surface area contributed by atoms with Gasteiger partial charge in [0.15, 0.2) is 0 Å². The first kappa shape index (κ1) is 13.3. The summed E-state index contributed by atoms with van der Waals surface area (Å²) in [5.41, 5.74) is 6.39. The second kappa shape index (κ2) is 5.52. The average molecular weight is 254 g/mol. The molecule has 4 nitrogen and oxygen atoms in total. The van der Waals surface area contributed by atoms with Gasteiger partial charge in [-0.1, -0.05) is 30.3 Å². The minimum atomic E-state index is -1.02. The number of hydrogen-bond acceptors (Lipinski definition) is 3. The van der Waals surface area contributed by atoms with Crippen molar-refractivity contribution in [1.29, 1.82) is 0 Å². The molecule has 0 saturated carbocycles. The van der Waals surface area contributed by atoms with Crippen molar-refractivity contribution in [2.45, 2.75) is 6.54 Å². The van der Waals surface area contributed by atoms with Crippen molar-refractivity contribution in [3.8, 4) is 11.3 Å². The molecule has 0 amide bonds. The lowest BCUT2D eigenvalue weighted by molar-refractivity contribution is 0.0694. The summed E-state index contributed by atoms with van der Waals surface area (Å²) in [7, 11) is 0. The Balaban J connectivity index is 0.00000144. The van der Waals surface area contributed by atoms with Crippen LogP contribution in [0.1, 0.15) is 16.1 Å². The van der Waals surface area contributed by atoms with Crippen molar-refractivity contribution >= 4 is 18.4 Å². The predicted octanol–water partition coefficient (Wildman–Crippen LogP) is 2.53. The summed E-state index contributed by atoms with van der Waals surface area (Å²) in [4.78, 5) is 10.9. The van der Waals surface area contributed by atoms with Crippen molar-refractivity contribution in [2.24, 2.45) is 5.73 Å². The summed E-state index contributed by atoms with van der Waals surface area (Å²) in [6, 6.07) is 10.8. The van der Waals surface area contributed by atoms with Gasteiger partial charge in [-0.25, -0.2) is 4.79 Å². The molecule has 2 aromatic rings. The first-order valence-electron chi connectivity index (χ1n) is 4.84. The van der Waals surface area contributed by atoms with Crippen LogP contribution in [0.5, 0.6) is 0 Å². The Bertz CT molecular complexity index is 508. The number of rotatable bonds is 3. The fourth-order valence-corrected chi connectivity index (χ4v) is 1.51.